The predicted molar refractivity (Wildman–Crippen MR) is 66.1 cm³/mol. The van der Waals surface area contributed by atoms with Crippen molar-refractivity contribution in [2.24, 2.45) is 0 Å². The van der Waals surface area contributed by atoms with Gasteiger partial charge in [0.15, 0.2) is 0 Å². The van der Waals surface area contributed by atoms with Gasteiger partial charge in [-0.3, -0.25) is 0 Å². The van der Waals surface area contributed by atoms with E-state index < -0.39 is 0 Å². The number of halogens is 1. The van der Waals surface area contributed by atoms with Crippen LogP contribution in [0.2, 0.25) is 0 Å². The average molecular weight is 261 g/mol. The second-order valence-corrected chi connectivity index (χ2v) is 4.38. The molecule has 1 N–H and O–H groups in total. The second-order valence-electron chi connectivity index (χ2n) is 4.38. The smallest absolute Gasteiger partial charge is 0.320 e. The van der Waals surface area contributed by atoms with Gasteiger partial charge in [0.25, 0.3) is 0 Å². The van der Waals surface area contributed by atoms with E-state index in [9.17, 15) is 9.18 Å². The highest BCUT2D eigenvalue weighted by Crippen LogP contribution is 2.21. The summed E-state index contributed by atoms with van der Waals surface area (Å²) in [4.78, 5) is 13.5. The minimum Gasteiger partial charge on any atom is -0.320 e. The molecular weight excluding hydrogens is 249 g/mol. The van der Waals surface area contributed by atoms with Crippen LogP contribution < -0.4 is 5.32 Å². The summed E-state index contributed by atoms with van der Waals surface area (Å²) in [7, 11) is 0. The number of carbonyl (C=O) groups is 1. The molecule has 1 aromatic carbocycles. The normalized spacial score (nSPS) is 15.1. The fraction of sp³-hybridized carbons (Fsp3) is 0.250. The Hall–Kier alpha value is -2.44. The number of hydrogen-bond donors (Lipinski definition) is 1. The first kappa shape index (κ1) is 11.6. The van der Waals surface area contributed by atoms with Crippen LogP contribution in [0, 0.1) is 5.82 Å². The standard InChI is InChI=1S/C12H12FN5O/c13-9-1-3-10(4-2-9)15-12(19)17-7-11(8-17)18-6-5-14-16-18/h1-6,11H,7-8H2,(H,15,19). The van der Waals surface area contributed by atoms with Gasteiger partial charge in [-0.2, -0.15) is 0 Å². The molecule has 1 aromatic heterocycles. The molecule has 0 atom stereocenters. The first-order valence-electron chi connectivity index (χ1n) is 5.89. The molecule has 6 nitrogen and oxygen atoms in total. The number of anilines is 1. The van der Waals surface area contributed by atoms with Crippen LogP contribution in [-0.2, 0) is 0 Å². The molecule has 7 heteroatoms. The average Bonchev–Trinajstić information content (AvgIpc) is 2.84. The largest absolute Gasteiger partial charge is 0.321 e. The van der Waals surface area contributed by atoms with Gasteiger partial charge in [0, 0.05) is 25.0 Å². The van der Waals surface area contributed by atoms with Gasteiger partial charge in [0.05, 0.1) is 12.2 Å². The van der Waals surface area contributed by atoms with Crippen LogP contribution in [0.25, 0.3) is 0 Å². The van der Waals surface area contributed by atoms with Crippen LogP contribution in [0.3, 0.4) is 0 Å². The maximum Gasteiger partial charge on any atom is 0.321 e. The minimum absolute atomic E-state index is 0.182. The van der Waals surface area contributed by atoms with Gasteiger partial charge < -0.3 is 10.2 Å². The molecule has 98 valence electrons. The van der Waals surface area contributed by atoms with Crippen molar-refractivity contribution in [2.45, 2.75) is 6.04 Å². The third kappa shape index (κ3) is 2.40. The van der Waals surface area contributed by atoms with Crippen molar-refractivity contribution in [1.82, 2.24) is 19.9 Å². The lowest BCUT2D eigenvalue weighted by molar-refractivity contribution is 0.127. The summed E-state index contributed by atoms with van der Waals surface area (Å²) in [6.45, 7) is 1.19. The molecule has 0 radical (unpaired) electrons. The maximum absolute atomic E-state index is 12.7. The van der Waals surface area contributed by atoms with Crippen LogP contribution >= 0.6 is 0 Å². The monoisotopic (exact) mass is 261 g/mol. The van der Waals surface area contributed by atoms with E-state index in [0.29, 0.717) is 18.8 Å². The fourth-order valence-electron chi connectivity index (χ4n) is 1.94. The SMILES string of the molecule is O=C(Nc1ccc(F)cc1)N1CC(n2ccnn2)C1. The van der Waals surface area contributed by atoms with Crippen molar-refractivity contribution in [3.05, 3.63) is 42.5 Å². The van der Waals surface area contributed by atoms with E-state index in [-0.39, 0.29) is 17.9 Å². The summed E-state index contributed by atoms with van der Waals surface area (Å²) < 4.78 is 14.5. The van der Waals surface area contributed by atoms with E-state index in [2.05, 4.69) is 15.6 Å². The van der Waals surface area contributed by atoms with Gasteiger partial charge in [0.1, 0.15) is 5.82 Å². The number of likely N-dealkylation sites (tertiary alicyclic amines) is 1. The topological polar surface area (TPSA) is 63.1 Å². The first-order chi connectivity index (χ1) is 9.22. The minimum atomic E-state index is -0.326. The van der Waals surface area contributed by atoms with Crippen molar-refractivity contribution in [3.8, 4) is 0 Å². The Morgan fingerprint density at radius 3 is 2.68 bits per heavy atom. The summed E-state index contributed by atoms with van der Waals surface area (Å²) in [5.41, 5.74) is 0.579. The van der Waals surface area contributed by atoms with E-state index in [1.54, 1.807) is 22.0 Å². The molecule has 0 unspecified atom stereocenters. The van der Waals surface area contributed by atoms with Gasteiger partial charge >= 0.3 is 6.03 Å². The lowest BCUT2D eigenvalue weighted by Gasteiger charge is -2.38. The number of aromatic nitrogens is 3. The van der Waals surface area contributed by atoms with Crippen molar-refractivity contribution in [3.63, 3.8) is 0 Å². The Balaban J connectivity index is 1.54. The fourth-order valence-corrected chi connectivity index (χ4v) is 1.94. The summed E-state index contributed by atoms with van der Waals surface area (Å²) in [6.07, 6.45) is 3.39. The van der Waals surface area contributed by atoms with E-state index in [1.807, 2.05) is 0 Å². The molecular formula is C12H12FN5O. The van der Waals surface area contributed by atoms with Crippen molar-refractivity contribution < 1.29 is 9.18 Å². The number of urea groups is 1. The number of benzene rings is 1. The Morgan fingerprint density at radius 1 is 1.32 bits per heavy atom. The van der Waals surface area contributed by atoms with Crippen molar-refractivity contribution >= 4 is 11.7 Å². The lowest BCUT2D eigenvalue weighted by atomic mass is 10.1. The first-order valence-corrected chi connectivity index (χ1v) is 5.89. The molecule has 1 fully saturated rings. The zero-order chi connectivity index (χ0) is 13.2. The Labute approximate surface area is 108 Å². The van der Waals surface area contributed by atoms with Gasteiger partial charge in [-0.1, -0.05) is 5.21 Å². The molecule has 0 aliphatic carbocycles. The molecule has 0 spiro atoms. The molecule has 2 aromatic rings. The molecule has 3 rings (SSSR count). The maximum atomic E-state index is 12.7. The van der Waals surface area contributed by atoms with Crippen LogP contribution in [0.15, 0.2) is 36.7 Å². The Morgan fingerprint density at radius 2 is 2.05 bits per heavy atom. The predicted octanol–water partition coefficient (Wildman–Crippen LogP) is 1.51. The van der Waals surface area contributed by atoms with E-state index in [1.165, 1.54) is 24.3 Å². The number of carbonyl (C=O) groups excluding carboxylic acids is 1. The number of hydrogen-bond acceptors (Lipinski definition) is 3. The lowest BCUT2D eigenvalue weighted by Crippen LogP contribution is -2.52. The quantitative estimate of drug-likeness (QED) is 0.891. The number of nitrogens with zero attached hydrogens (tertiary/aromatic N) is 4. The molecule has 2 heterocycles. The molecule has 2 amide bonds. The number of amides is 2. The Bertz CT molecular complexity index is 562. The zero-order valence-electron chi connectivity index (χ0n) is 10.0. The van der Waals surface area contributed by atoms with Crippen LogP contribution in [0.5, 0.6) is 0 Å². The molecule has 1 aliphatic heterocycles. The van der Waals surface area contributed by atoms with E-state index >= 15 is 0 Å². The summed E-state index contributed by atoms with van der Waals surface area (Å²) >= 11 is 0. The zero-order valence-corrected chi connectivity index (χ0v) is 10.0. The van der Waals surface area contributed by atoms with Crippen molar-refractivity contribution in [2.75, 3.05) is 18.4 Å². The van der Waals surface area contributed by atoms with Gasteiger partial charge in [-0.15, -0.1) is 5.10 Å². The van der Waals surface area contributed by atoms with E-state index in [0.717, 1.165) is 0 Å². The highest BCUT2D eigenvalue weighted by Gasteiger charge is 2.32. The highest BCUT2D eigenvalue weighted by molar-refractivity contribution is 5.89. The third-order valence-corrected chi connectivity index (χ3v) is 3.06. The van der Waals surface area contributed by atoms with Gasteiger partial charge in [-0.05, 0) is 24.3 Å². The summed E-state index contributed by atoms with van der Waals surface area (Å²) in [5, 5.41) is 10.3. The van der Waals surface area contributed by atoms with Gasteiger partial charge in [0.2, 0.25) is 0 Å². The molecule has 1 aliphatic rings. The van der Waals surface area contributed by atoms with Gasteiger partial charge in [-0.25, -0.2) is 13.9 Å². The molecule has 1 saturated heterocycles. The molecule has 0 bridgehead atoms. The highest BCUT2D eigenvalue weighted by atomic mass is 19.1. The van der Waals surface area contributed by atoms with Crippen LogP contribution in [0.1, 0.15) is 6.04 Å². The Kier molecular flexibility index (Phi) is 2.86. The molecule has 19 heavy (non-hydrogen) atoms. The summed E-state index contributed by atoms with van der Waals surface area (Å²) in [6, 6.07) is 5.67. The second kappa shape index (κ2) is 4.68. The molecule has 0 saturated carbocycles. The summed E-state index contributed by atoms with van der Waals surface area (Å²) in [5.74, 6) is -0.326. The van der Waals surface area contributed by atoms with Crippen molar-refractivity contribution in [1.29, 1.82) is 0 Å². The van der Waals surface area contributed by atoms with Crippen LogP contribution in [0.4, 0.5) is 14.9 Å². The number of rotatable bonds is 2. The van der Waals surface area contributed by atoms with E-state index in [4.69, 9.17) is 0 Å². The number of nitrogens with one attached hydrogen (secondary N) is 1. The third-order valence-electron chi connectivity index (χ3n) is 3.06. The van der Waals surface area contributed by atoms with Crippen LogP contribution in [-0.4, -0.2) is 39.0 Å².